The number of rotatable bonds is 5. The van der Waals surface area contributed by atoms with Gasteiger partial charge in [0.25, 0.3) is 0 Å². The summed E-state index contributed by atoms with van der Waals surface area (Å²) in [6, 6.07) is 10.1. The highest BCUT2D eigenvalue weighted by atomic mass is 32.2. The average Bonchev–Trinajstić information content (AvgIpc) is 3.02. The molecule has 25 heavy (non-hydrogen) atoms. The number of amides is 1. The zero-order valence-electron chi connectivity index (χ0n) is 12.9. The Morgan fingerprint density at radius 2 is 2.00 bits per heavy atom. The Balaban J connectivity index is 1.57. The zero-order valence-corrected chi connectivity index (χ0v) is 13.7. The SMILES string of the molecule is O=C1CSC(=NN=Cc2ccc(OCc3cc(F)ccc3F)cc2)N1. The van der Waals surface area contributed by atoms with Crippen LogP contribution in [0.15, 0.2) is 52.7 Å². The summed E-state index contributed by atoms with van der Waals surface area (Å²) in [7, 11) is 0. The third-order valence-corrected chi connectivity index (χ3v) is 4.09. The molecule has 5 nitrogen and oxygen atoms in total. The van der Waals surface area contributed by atoms with Crippen molar-refractivity contribution in [2.75, 3.05) is 5.75 Å². The predicted molar refractivity (Wildman–Crippen MR) is 92.8 cm³/mol. The number of carbonyl (C=O) groups excluding carboxylic acids is 1. The van der Waals surface area contributed by atoms with E-state index >= 15 is 0 Å². The molecule has 1 N–H and O–H groups in total. The van der Waals surface area contributed by atoms with E-state index in [-0.39, 0.29) is 18.1 Å². The molecule has 128 valence electrons. The Labute approximate surface area is 146 Å². The number of amidine groups is 1. The monoisotopic (exact) mass is 361 g/mol. The molecule has 2 aromatic rings. The molecule has 0 saturated carbocycles. The Morgan fingerprint density at radius 3 is 2.72 bits per heavy atom. The van der Waals surface area contributed by atoms with E-state index in [1.807, 2.05) is 0 Å². The first-order valence-electron chi connectivity index (χ1n) is 7.30. The van der Waals surface area contributed by atoms with E-state index in [9.17, 15) is 13.6 Å². The van der Waals surface area contributed by atoms with E-state index in [1.54, 1.807) is 24.3 Å². The number of halogens is 2. The van der Waals surface area contributed by atoms with Crippen LogP contribution in [0.3, 0.4) is 0 Å². The summed E-state index contributed by atoms with van der Waals surface area (Å²) < 4.78 is 32.1. The number of nitrogens with zero attached hydrogens (tertiary/aromatic N) is 2. The highest BCUT2D eigenvalue weighted by Gasteiger charge is 2.15. The van der Waals surface area contributed by atoms with Crippen LogP contribution in [0, 0.1) is 11.6 Å². The van der Waals surface area contributed by atoms with E-state index in [1.165, 1.54) is 18.0 Å². The summed E-state index contributed by atoms with van der Waals surface area (Å²) in [5, 5.41) is 10.8. The average molecular weight is 361 g/mol. The van der Waals surface area contributed by atoms with Crippen molar-refractivity contribution in [1.29, 1.82) is 0 Å². The van der Waals surface area contributed by atoms with Gasteiger partial charge >= 0.3 is 0 Å². The second kappa shape index (κ2) is 7.89. The first-order chi connectivity index (χ1) is 12.1. The summed E-state index contributed by atoms with van der Waals surface area (Å²) in [6.45, 7) is -0.0679. The molecular formula is C17H13F2N3O2S. The number of nitrogens with one attached hydrogen (secondary N) is 1. The number of hydrogen-bond donors (Lipinski definition) is 1. The minimum absolute atomic E-state index is 0.0679. The van der Waals surface area contributed by atoms with Crippen LogP contribution in [-0.4, -0.2) is 23.0 Å². The van der Waals surface area contributed by atoms with Gasteiger partial charge < -0.3 is 10.1 Å². The predicted octanol–water partition coefficient (Wildman–Crippen LogP) is 3.10. The Hall–Kier alpha value is -2.74. The lowest BCUT2D eigenvalue weighted by atomic mass is 10.2. The molecule has 1 fully saturated rings. The summed E-state index contributed by atoms with van der Waals surface area (Å²) in [5.74, 6) is -0.237. The topological polar surface area (TPSA) is 63.0 Å². The van der Waals surface area contributed by atoms with Crippen LogP contribution < -0.4 is 10.1 Å². The van der Waals surface area contributed by atoms with Crippen LogP contribution in [0.4, 0.5) is 8.78 Å². The lowest BCUT2D eigenvalue weighted by Gasteiger charge is -2.07. The maximum absolute atomic E-state index is 13.5. The minimum atomic E-state index is -0.513. The van der Waals surface area contributed by atoms with Crippen LogP contribution in [0.25, 0.3) is 0 Å². The highest BCUT2D eigenvalue weighted by molar-refractivity contribution is 8.15. The van der Waals surface area contributed by atoms with Gasteiger partial charge in [-0.3, -0.25) is 4.79 Å². The van der Waals surface area contributed by atoms with Gasteiger partial charge in [0.05, 0.1) is 12.0 Å². The van der Waals surface area contributed by atoms with E-state index < -0.39 is 11.6 Å². The molecule has 8 heteroatoms. The fraction of sp³-hybridized carbons (Fsp3) is 0.118. The fourth-order valence-electron chi connectivity index (χ4n) is 1.99. The number of hydrogen-bond acceptors (Lipinski definition) is 5. The zero-order chi connectivity index (χ0) is 17.6. The van der Waals surface area contributed by atoms with Crippen molar-refractivity contribution < 1.29 is 18.3 Å². The third kappa shape index (κ3) is 4.87. The molecule has 3 rings (SSSR count). The van der Waals surface area contributed by atoms with Crippen molar-refractivity contribution in [3.05, 3.63) is 65.2 Å². The van der Waals surface area contributed by atoms with Crippen LogP contribution in [0.5, 0.6) is 5.75 Å². The molecule has 0 atom stereocenters. The van der Waals surface area contributed by atoms with Crippen LogP contribution >= 0.6 is 11.8 Å². The molecule has 0 radical (unpaired) electrons. The molecule has 0 unspecified atom stereocenters. The molecule has 0 aliphatic carbocycles. The van der Waals surface area contributed by atoms with Gasteiger partial charge in [0.2, 0.25) is 5.91 Å². The minimum Gasteiger partial charge on any atom is -0.489 e. The van der Waals surface area contributed by atoms with Gasteiger partial charge in [0.15, 0.2) is 5.17 Å². The van der Waals surface area contributed by atoms with Gasteiger partial charge in [0.1, 0.15) is 24.0 Å². The Kier molecular flexibility index (Phi) is 5.39. The second-order valence-corrected chi connectivity index (χ2v) is 6.04. The molecule has 1 aliphatic heterocycles. The standard InChI is InChI=1S/C17H13F2N3O2S/c18-13-3-6-15(19)12(7-13)9-24-14-4-1-11(2-5-14)8-20-22-17-21-16(23)10-25-17/h1-8H,9-10H2,(H,21,22,23). The first-order valence-corrected chi connectivity index (χ1v) is 8.29. The molecule has 1 aliphatic rings. The van der Waals surface area contributed by atoms with Gasteiger partial charge in [-0.15, -0.1) is 5.10 Å². The van der Waals surface area contributed by atoms with Crippen molar-refractivity contribution in [1.82, 2.24) is 5.32 Å². The third-order valence-electron chi connectivity index (χ3n) is 3.22. The number of benzene rings is 2. The highest BCUT2D eigenvalue weighted by Crippen LogP contribution is 2.16. The molecule has 0 aromatic heterocycles. The molecule has 1 amide bonds. The fourth-order valence-corrected chi connectivity index (χ4v) is 2.62. The maximum Gasteiger partial charge on any atom is 0.236 e. The summed E-state index contributed by atoms with van der Waals surface area (Å²) in [4.78, 5) is 11.0. The van der Waals surface area contributed by atoms with Gasteiger partial charge in [-0.25, -0.2) is 8.78 Å². The van der Waals surface area contributed by atoms with Crippen LogP contribution in [0.2, 0.25) is 0 Å². The van der Waals surface area contributed by atoms with Crippen LogP contribution in [0.1, 0.15) is 11.1 Å². The summed E-state index contributed by atoms with van der Waals surface area (Å²) >= 11 is 1.29. The van der Waals surface area contributed by atoms with E-state index in [2.05, 4.69) is 15.5 Å². The second-order valence-electron chi connectivity index (χ2n) is 5.08. The Morgan fingerprint density at radius 1 is 1.20 bits per heavy atom. The van der Waals surface area contributed by atoms with Crippen LogP contribution in [-0.2, 0) is 11.4 Å². The molecule has 0 spiro atoms. The van der Waals surface area contributed by atoms with Gasteiger partial charge in [-0.1, -0.05) is 11.8 Å². The molecule has 1 heterocycles. The molecule has 1 saturated heterocycles. The smallest absolute Gasteiger partial charge is 0.236 e. The normalized spacial score (nSPS) is 15.8. The van der Waals surface area contributed by atoms with Gasteiger partial charge in [-0.2, -0.15) is 5.10 Å². The molecule has 0 bridgehead atoms. The maximum atomic E-state index is 13.5. The van der Waals surface area contributed by atoms with Crippen molar-refractivity contribution in [2.45, 2.75) is 6.61 Å². The quantitative estimate of drug-likeness (QED) is 0.658. The van der Waals surface area contributed by atoms with Crippen molar-refractivity contribution in [3.8, 4) is 5.75 Å². The van der Waals surface area contributed by atoms with Crippen molar-refractivity contribution in [3.63, 3.8) is 0 Å². The van der Waals surface area contributed by atoms with E-state index in [0.717, 1.165) is 23.8 Å². The van der Waals surface area contributed by atoms with E-state index in [0.29, 0.717) is 16.7 Å². The largest absolute Gasteiger partial charge is 0.489 e. The number of thioether (sulfide) groups is 1. The lowest BCUT2D eigenvalue weighted by Crippen LogP contribution is -2.19. The van der Waals surface area contributed by atoms with Crippen molar-refractivity contribution >= 4 is 29.1 Å². The molecular weight excluding hydrogens is 348 g/mol. The van der Waals surface area contributed by atoms with Crippen molar-refractivity contribution in [2.24, 2.45) is 10.2 Å². The van der Waals surface area contributed by atoms with Gasteiger partial charge in [0, 0.05) is 5.56 Å². The lowest BCUT2D eigenvalue weighted by molar-refractivity contribution is -0.116. The Bertz CT molecular complexity index is 838. The summed E-state index contributed by atoms with van der Waals surface area (Å²) in [6.07, 6.45) is 1.54. The number of ether oxygens (including phenoxy) is 1. The first kappa shape index (κ1) is 17.1. The van der Waals surface area contributed by atoms with Gasteiger partial charge in [-0.05, 0) is 48.0 Å². The summed E-state index contributed by atoms with van der Waals surface area (Å²) in [5.41, 5.74) is 0.931. The molecule has 2 aromatic carbocycles. The van der Waals surface area contributed by atoms with E-state index in [4.69, 9.17) is 4.74 Å². The number of carbonyl (C=O) groups is 1.